The zero-order valence-corrected chi connectivity index (χ0v) is 19.6. The summed E-state index contributed by atoms with van der Waals surface area (Å²) in [6.45, 7) is 4.05. The Kier molecular flexibility index (Phi) is 6.88. The summed E-state index contributed by atoms with van der Waals surface area (Å²) < 4.78 is 0. The number of thiophene rings is 2. The van der Waals surface area contributed by atoms with E-state index in [1.807, 2.05) is 61.0 Å². The molecule has 2 amide bonds. The zero-order chi connectivity index (χ0) is 21.8. The van der Waals surface area contributed by atoms with Crippen molar-refractivity contribution in [3.8, 4) is 0 Å². The van der Waals surface area contributed by atoms with Gasteiger partial charge in [0.25, 0.3) is 0 Å². The van der Waals surface area contributed by atoms with E-state index in [9.17, 15) is 9.59 Å². The molecule has 1 saturated carbocycles. The Morgan fingerprint density at radius 2 is 1.81 bits per heavy atom. The average molecular weight is 453 g/mol. The molecule has 2 heterocycles. The normalized spacial score (nSPS) is 15.0. The molecule has 0 saturated heterocycles. The lowest BCUT2D eigenvalue weighted by Gasteiger charge is -2.32. The van der Waals surface area contributed by atoms with Gasteiger partial charge < -0.3 is 5.32 Å². The minimum absolute atomic E-state index is 0.0608. The highest BCUT2D eigenvalue weighted by molar-refractivity contribution is 7.10. The molecule has 4 nitrogen and oxygen atoms in total. The van der Waals surface area contributed by atoms with Crippen LogP contribution in [-0.2, 0) is 16.0 Å². The van der Waals surface area contributed by atoms with E-state index in [4.69, 9.17) is 0 Å². The quantitative estimate of drug-likeness (QED) is 0.492. The Morgan fingerprint density at radius 3 is 2.45 bits per heavy atom. The number of aryl methyl sites for hydroxylation is 2. The number of carbonyl (C=O) groups is 2. The van der Waals surface area contributed by atoms with Crippen LogP contribution in [0.25, 0.3) is 0 Å². The number of nitrogens with zero attached hydrogens (tertiary/aromatic N) is 1. The molecule has 31 heavy (non-hydrogen) atoms. The third kappa shape index (κ3) is 5.08. The summed E-state index contributed by atoms with van der Waals surface area (Å²) in [5.74, 6) is -0.150. The number of hydrogen-bond donors (Lipinski definition) is 1. The van der Waals surface area contributed by atoms with Gasteiger partial charge in [-0.05, 0) is 61.2 Å². The van der Waals surface area contributed by atoms with Crippen LogP contribution in [0.3, 0.4) is 0 Å². The number of rotatable bonds is 7. The van der Waals surface area contributed by atoms with Gasteiger partial charge in [0.1, 0.15) is 6.04 Å². The maximum Gasteiger partial charge on any atom is 0.248 e. The number of hydrogen-bond acceptors (Lipinski definition) is 4. The summed E-state index contributed by atoms with van der Waals surface area (Å²) in [4.78, 5) is 30.9. The molecule has 2 aromatic heterocycles. The highest BCUT2D eigenvalue weighted by atomic mass is 32.1. The Morgan fingerprint density at radius 1 is 1.06 bits per heavy atom. The predicted octanol–water partition coefficient (Wildman–Crippen LogP) is 5.80. The van der Waals surface area contributed by atoms with E-state index in [0.29, 0.717) is 0 Å². The van der Waals surface area contributed by atoms with Gasteiger partial charge in [0.15, 0.2) is 0 Å². The van der Waals surface area contributed by atoms with Crippen molar-refractivity contribution in [3.63, 3.8) is 0 Å². The van der Waals surface area contributed by atoms with Crippen LogP contribution in [0.4, 0.5) is 5.69 Å². The molecular formula is C25H28N2O2S2. The van der Waals surface area contributed by atoms with Crippen molar-refractivity contribution in [2.24, 2.45) is 0 Å². The van der Waals surface area contributed by atoms with Gasteiger partial charge in [-0.2, -0.15) is 0 Å². The molecule has 0 unspecified atom stereocenters. The van der Waals surface area contributed by atoms with Gasteiger partial charge in [0, 0.05) is 21.5 Å². The minimum Gasteiger partial charge on any atom is -0.351 e. The number of anilines is 1. The van der Waals surface area contributed by atoms with Gasteiger partial charge in [0.05, 0.1) is 6.42 Å². The van der Waals surface area contributed by atoms with Crippen LogP contribution in [-0.4, -0.2) is 17.9 Å². The van der Waals surface area contributed by atoms with E-state index in [2.05, 4.69) is 11.4 Å². The first kappa shape index (κ1) is 21.8. The third-order valence-corrected chi connectivity index (χ3v) is 7.61. The molecule has 0 spiro atoms. The number of carbonyl (C=O) groups excluding carboxylic acids is 2. The van der Waals surface area contributed by atoms with E-state index < -0.39 is 6.04 Å². The predicted molar refractivity (Wildman–Crippen MR) is 129 cm³/mol. The van der Waals surface area contributed by atoms with Gasteiger partial charge in [-0.1, -0.05) is 42.7 Å². The van der Waals surface area contributed by atoms with Crippen LogP contribution in [0.5, 0.6) is 0 Å². The van der Waals surface area contributed by atoms with Gasteiger partial charge in [0.2, 0.25) is 11.8 Å². The van der Waals surface area contributed by atoms with Gasteiger partial charge in [-0.15, -0.1) is 22.7 Å². The molecule has 0 radical (unpaired) electrons. The second-order valence-electron chi connectivity index (χ2n) is 8.22. The lowest BCUT2D eigenvalue weighted by molar-refractivity contribution is -0.126. The van der Waals surface area contributed by atoms with Crippen LogP contribution < -0.4 is 10.2 Å². The highest BCUT2D eigenvalue weighted by Crippen LogP contribution is 2.34. The SMILES string of the molecule is Cc1ccc(N(C(=O)Cc2cccs2)[C@@H](C(=O)NC2CCCC2)c2cccs2)c(C)c1. The highest BCUT2D eigenvalue weighted by Gasteiger charge is 2.35. The minimum atomic E-state index is -0.672. The van der Waals surface area contributed by atoms with Crippen molar-refractivity contribution < 1.29 is 9.59 Å². The first-order valence-corrected chi connectivity index (χ1v) is 12.5. The van der Waals surface area contributed by atoms with Crippen molar-refractivity contribution in [2.75, 3.05) is 4.90 Å². The Balaban J connectivity index is 1.75. The lowest BCUT2D eigenvalue weighted by atomic mass is 10.0. The molecule has 0 bridgehead atoms. The topological polar surface area (TPSA) is 49.4 Å². The molecule has 4 rings (SSSR count). The molecule has 3 aromatic rings. The fourth-order valence-corrected chi connectivity index (χ4v) is 5.82. The first-order valence-electron chi connectivity index (χ1n) is 10.8. The van der Waals surface area contributed by atoms with Gasteiger partial charge in [-0.3, -0.25) is 14.5 Å². The smallest absolute Gasteiger partial charge is 0.248 e. The summed E-state index contributed by atoms with van der Waals surface area (Å²) in [5.41, 5.74) is 2.93. The third-order valence-electron chi connectivity index (χ3n) is 5.81. The van der Waals surface area contributed by atoms with E-state index in [1.165, 1.54) is 11.3 Å². The van der Waals surface area contributed by atoms with E-state index in [1.54, 1.807) is 16.2 Å². The monoisotopic (exact) mass is 452 g/mol. The maximum absolute atomic E-state index is 13.7. The van der Waals surface area contributed by atoms with Crippen molar-refractivity contribution in [3.05, 3.63) is 74.1 Å². The molecule has 1 aliphatic carbocycles. The summed E-state index contributed by atoms with van der Waals surface area (Å²) in [5, 5.41) is 7.19. The van der Waals surface area contributed by atoms with Crippen molar-refractivity contribution in [1.82, 2.24) is 5.32 Å². The number of amides is 2. The Bertz CT molecular complexity index is 1020. The van der Waals surface area contributed by atoms with E-state index >= 15 is 0 Å². The van der Waals surface area contributed by atoms with E-state index in [-0.39, 0.29) is 24.3 Å². The number of benzene rings is 1. The first-order chi connectivity index (χ1) is 15.0. The molecule has 1 fully saturated rings. The summed E-state index contributed by atoms with van der Waals surface area (Å²) >= 11 is 3.09. The second-order valence-corrected chi connectivity index (χ2v) is 10.2. The molecular weight excluding hydrogens is 424 g/mol. The Labute approximate surface area is 191 Å². The average Bonchev–Trinajstić information content (AvgIpc) is 3.50. The summed E-state index contributed by atoms with van der Waals surface area (Å²) in [6, 6.07) is 13.4. The largest absolute Gasteiger partial charge is 0.351 e. The van der Waals surface area contributed by atoms with Crippen molar-refractivity contribution in [2.45, 2.75) is 58.0 Å². The van der Waals surface area contributed by atoms with Crippen molar-refractivity contribution in [1.29, 1.82) is 0 Å². The number of nitrogens with one attached hydrogen (secondary N) is 1. The van der Waals surface area contributed by atoms with Crippen LogP contribution >= 0.6 is 22.7 Å². The fourth-order valence-electron chi connectivity index (χ4n) is 4.31. The molecule has 1 N–H and O–H groups in total. The molecule has 6 heteroatoms. The summed E-state index contributed by atoms with van der Waals surface area (Å²) in [7, 11) is 0. The standard InChI is InChI=1S/C25H28N2O2S2/c1-17-11-12-21(18(2)15-17)27(23(28)16-20-9-5-13-30-20)24(22-10-6-14-31-22)25(29)26-19-7-3-4-8-19/h5-6,9-15,19,24H,3-4,7-8,16H2,1-2H3,(H,26,29)/t24-/m1/s1. The lowest BCUT2D eigenvalue weighted by Crippen LogP contribution is -2.46. The van der Waals surface area contributed by atoms with Crippen LogP contribution in [0, 0.1) is 13.8 Å². The van der Waals surface area contributed by atoms with Crippen molar-refractivity contribution >= 4 is 40.2 Å². The molecule has 162 valence electrons. The zero-order valence-electron chi connectivity index (χ0n) is 18.0. The molecule has 1 aromatic carbocycles. The molecule has 0 aliphatic heterocycles. The van der Waals surface area contributed by atoms with Crippen LogP contribution in [0.2, 0.25) is 0 Å². The van der Waals surface area contributed by atoms with E-state index in [0.717, 1.165) is 52.3 Å². The van der Waals surface area contributed by atoms with Gasteiger partial charge >= 0.3 is 0 Å². The summed E-state index contributed by atoms with van der Waals surface area (Å²) in [6.07, 6.45) is 4.59. The molecule has 1 aliphatic rings. The van der Waals surface area contributed by atoms with Gasteiger partial charge in [-0.25, -0.2) is 0 Å². The fraction of sp³-hybridized carbons (Fsp3) is 0.360. The van der Waals surface area contributed by atoms with Crippen LogP contribution in [0.1, 0.15) is 52.6 Å². The maximum atomic E-state index is 13.7. The molecule has 1 atom stereocenters. The van der Waals surface area contributed by atoms with Crippen LogP contribution in [0.15, 0.2) is 53.2 Å². The Hall–Kier alpha value is -2.44. The second kappa shape index (κ2) is 9.79.